The van der Waals surface area contributed by atoms with Crippen molar-refractivity contribution in [2.45, 2.75) is 39.3 Å². The molecule has 0 saturated heterocycles. The van der Waals surface area contributed by atoms with Gasteiger partial charge in [-0.2, -0.15) is 0 Å². The van der Waals surface area contributed by atoms with Crippen LogP contribution in [0, 0.1) is 0 Å². The van der Waals surface area contributed by atoms with Crippen LogP contribution in [0.1, 0.15) is 33.3 Å². The Morgan fingerprint density at radius 2 is 1.53 bits per heavy atom. The van der Waals surface area contributed by atoms with Crippen LogP contribution in [0.15, 0.2) is 30.3 Å². The Bertz CT molecular complexity index is 305. The van der Waals surface area contributed by atoms with E-state index in [2.05, 4.69) is 38.1 Å². The molecule has 0 saturated carbocycles. The van der Waals surface area contributed by atoms with Gasteiger partial charge in [0.05, 0.1) is 0 Å². The normalized spacial score (nSPS) is 12.1. The van der Waals surface area contributed by atoms with Crippen LogP contribution in [-0.4, -0.2) is 21.8 Å². The molecule has 0 radical (unpaired) electrons. The molecule has 1 aromatic rings. The van der Waals surface area contributed by atoms with E-state index in [4.69, 9.17) is 8.85 Å². The first-order valence-corrected chi connectivity index (χ1v) is 8.56. The zero-order valence-electron chi connectivity index (χ0n) is 11.4. The number of benzene rings is 1. The van der Waals surface area contributed by atoms with Crippen molar-refractivity contribution in [1.29, 1.82) is 0 Å². The van der Waals surface area contributed by atoms with E-state index in [1.807, 2.05) is 19.9 Å². The molecule has 0 aliphatic rings. The first-order valence-electron chi connectivity index (χ1n) is 6.46. The Kier molecular flexibility index (Phi) is 5.89. The Balaban J connectivity index is 2.88. The summed E-state index contributed by atoms with van der Waals surface area (Å²) >= 11 is 0. The summed E-state index contributed by atoms with van der Waals surface area (Å²) in [7, 11) is -2.11. The summed E-state index contributed by atoms with van der Waals surface area (Å²) in [5.41, 5.74) is 1.78. The lowest BCUT2D eigenvalue weighted by Crippen LogP contribution is -2.48. The highest BCUT2D eigenvalue weighted by Crippen LogP contribution is 2.27. The molecule has 0 N–H and O–H groups in total. The monoisotopic (exact) mass is 252 g/mol. The van der Waals surface area contributed by atoms with Crippen LogP contribution in [0.4, 0.5) is 0 Å². The molecule has 96 valence electrons. The van der Waals surface area contributed by atoms with Gasteiger partial charge in [0.2, 0.25) is 0 Å². The van der Waals surface area contributed by atoms with Crippen molar-refractivity contribution < 1.29 is 8.85 Å². The fourth-order valence-electron chi connectivity index (χ4n) is 2.05. The van der Waals surface area contributed by atoms with Gasteiger partial charge >= 0.3 is 8.56 Å². The maximum absolute atomic E-state index is 6.05. The summed E-state index contributed by atoms with van der Waals surface area (Å²) in [6.07, 6.45) is 0. The molecule has 1 rings (SSSR count). The summed E-state index contributed by atoms with van der Waals surface area (Å²) in [5, 5.41) is 0. The molecule has 0 amide bonds. The lowest BCUT2D eigenvalue weighted by atomic mass is 10.2. The summed E-state index contributed by atoms with van der Waals surface area (Å²) in [6.45, 7) is 9.98. The number of rotatable bonds is 7. The lowest BCUT2D eigenvalue weighted by Gasteiger charge is -2.33. The van der Waals surface area contributed by atoms with Crippen molar-refractivity contribution in [2.75, 3.05) is 13.2 Å². The van der Waals surface area contributed by atoms with Crippen molar-refractivity contribution in [3.05, 3.63) is 35.9 Å². The van der Waals surface area contributed by atoms with Crippen molar-refractivity contribution in [3.63, 3.8) is 0 Å². The molecule has 3 heteroatoms. The number of hydrogen-bond donors (Lipinski definition) is 0. The van der Waals surface area contributed by atoms with Gasteiger partial charge in [-0.1, -0.05) is 44.2 Å². The van der Waals surface area contributed by atoms with Gasteiger partial charge < -0.3 is 8.85 Å². The van der Waals surface area contributed by atoms with Gasteiger partial charge in [0, 0.05) is 19.3 Å². The molecule has 0 heterocycles. The predicted molar refractivity (Wildman–Crippen MR) is 74.3 cm³/mol. The van der Waals surface area contributed by atoms with E-state index < -0.39 is 8.56 Å². The molecule has 0 unspecified atom stereocenters. The molecule has 1 aromatic carbocycles. The summed E-state index contributed by atoms with van der Waals surface area (Å²) in [6, 6.07) is 11.4. The van der Waals surface area contributed by atoms with E-state index in [1.165, 1.54) is 5.56 Å². The molecule has 17 heavy (non-hydrogen) atoms. The van der Waals surface area contributed by atoms with E-state index in [-0.39, 0.29) is 0 Å². The molecule has 0 bridgehead atoms. The molecule has 0 fully saturated rings. The third-order valence-electron chi connectivity index (χ3n) is 2.95. The van der Waals surface area contributed by atoms with Crippen LogP contribution in [0.5, 0.6) is 0 Å². The van der Waals surface area contributed by atoms with Crippen LogP contribution >= 0.6 is 0 Å². The topological polar surface area (TPSA) is 18.5 Å². The zero-order chi connectivity index (χ0) is 12.7. The number of hydrogen-bond acceptors (Lipinski definition) is 2. The van der Waals surface area contributed by atoms with Gasteiger partial charge in [0.25, 0.3) is 0 Å². The first kappa shape index (κ1) is 14.4. The third-order valence-corrected chi connectivity index (χ3v) is 7.17. The Labute approximate surface area is 106 Å². The summed E-state index contributed by atoms with van der Waals surface area (Å²) in [5.74, 6) is 0. The molecule has 0 aliphatic carbocycles. The van der Waals surface area contributed by atoms with Gasteiger partial charge in [-0.15, -0.1) is 0 Å². The second kappa shape index (κ2) is 6.94. The average molecular weight is 252 g/mol. The van der Waals surface area contributed by atoms with Crippen LogP contribution in [0.25, 0.3) is 0 Å². The Morgan fingerprint density at radius 3 is 1.94 bits per heavy atom. The second-order valence-corrected chi connectivity index (χ2v) is 8.20. The van der Waals surface area contributed by atoms with E-state index in [1.54, 1.807) is 0 Å². The van der Waals surface area contributed by atoms with Gasteiger partial charge in [-0.3, -0.25) is 0 Å². The molecule has 0 aromatic heterocycles. The first-order chi connectivity index (χ1) is 8.14. The molecule has 0 atom stereocenters. The van der Waals surface area contributed by atoms with Crippen molar-refractivity contribution >= 4 is 8.56 Å². The minimum absolute atomic E-state index is 0.461. The van der Waals surface area contributed by atoms with Crippen molar-refractivity contribution in [1.82, 2.24) is 0 Å². The molecule has 0 spiro atoms. The minimum Gasteiger partial charge on any atom is -0.394 e. The van der Waals surface area contributed by atoms with Gasteiger partial charge in [0.1, 0.15) is 0 Å². The van der Waals surface area contributed by atoms with Crippen LogP contribution in [-0.2, 0) is 14.9 Å². The van der Waals surface area contributed by atoms with E-state index in [9.17, 15) is 0 Å². The summed E-state index contributed by atoms with van der Waals surface area (Å²) in [4.78, 5) is 0. The Morgan fingerprint density at radius 1 is 1.00 bits per heavy atom. The molecular weight excluding hydrogens is 228 g/mol. The van der Waals surface area contributed by atoms with Crippen LogP contribution < -0.4 is 0 Å². The van der Waals surface area contributed by atoms with Crippen molar-refractivity contribution in [2.24, 2.45) is 0 Å². The zero-order valence-corrected chi connectivity index (χ0v) is 12.4. The molecule has 2 nitrogen and oxygen atoms in total. The quantitative estimate of drug-likeness (QED) is 0.689. The largest absolute Gasteiger partial charge is 0.394 e. The smallest absolute Gasteiger partial charge is 0.345 e. The average Bonchev–Trinajstić information content (AvgIpc) is 2.30. The summed E-state index contributed by atoms with van der Waals surface area (Å²) < 4.78 is 12.1. The van der Waals surface area contributed by atoms with Gasteiger partial charge in [0.15, 0.2) is 0 Å². The van der Waals surface area contributed by atoms with Crippen molar-refractivity contribution in [3.8, 4) is 0 Å². The highest BCUT2D eigenvalue weighted by molar-refractivity contribution is 6.68. The van der Waals surface area contributed by atoms with E-state index >= 15 is 0 Å². The Hall–Kier alpha value is -0.643. The van der Waals surface area contributed by atoms with E-state index in [0.29, 0.717) is 5.54 Å². The van der Waals surface area contributed by atoms with E-state index in [0.717, 1.165) is 19.3 Å². The minimum atomic E-state index is -2.11. The van der Waals surface area contributed by atoms with Crippen LogP contribution in [0.3, 0.4) is 0 Å². The second-order valence-electron chi connectivity index (χ2n) is 4.49. The fourth-order valence-corrected chi connectivity index (χ4v) is 5.19. The maximum Gasteiger partial charge on any atom is 0.345 e. The highest BCUT2D eigenvalue weighted by Gasteiger charge is 2.40. The van der Waals surface area contributed by atoms with Gasteiger partial charge in [-0.25, -0.2) is 0 Å². The standard InChI is InChI=1S/C14H24O2Si/c1-5-15-17(13(3)4,16-6-2)12-14-10-8-7-9-11-14/h7-11,13H,5-6,12H2,1-4H3. The SMILES string of the molecule is CCO[Si](Cc1ccccc1)(OCC)C(C)C. The highest BCUT2D eigenvalue weighted by atomic mass is 28.4. The predicted octanol–water partition coefficient (Wildman–Crippen LogP) is 3.69. The lowest BCUT2D eigenvalue weighted by molar-refractivity contribution is 0.174. The van der Waals surface area contributed by atoms with Crippen LogP contribution in [0.2, 0.25) is 5.54 Å². The third kappa shape index (κ3) is 3.94. The maximum atomic E-state index is 6.05. The molecular formula is C14H24O2Si. The fraction of sp³-hybridized carbons (Fsp3) is 0.571. The molecule has 0 aliphatic heterocycles. The van der Waals surface area contributed by atoms with Gasteiger partial charge in [-0.05, 0) is 25.0 Å².